The van der Waals surface area contributed by atoms with Crippen molar-refractivity contribution >= 4 is 0 Å². The molecule has 10 aliphatic rings. The van der Waals surface area contributed by atoms with Gasteiger partial charge in [0.1, 0.15) is 97.7 Å². The van der Waals surface area contributed by atoms with Gasteiger partial charge in [-0.15, -0.1) is 0 Å². The van der Waals surface area contributed by atoms with Crippen molar-refractivity contribution in [3.63, 3.8) is 0 Å². The Morgan fingerprint density at radius 2 is 1.04 bits per heavy atom. The van der Waals surface area contributed by atoms with E-state index in [1.165, 1.54) is 5.57 Å². The molecule has 0 unspecified atom stereocenters. The summed E-state index contributed by atoms with van der Waals surface area (Å²) in [6.45, 7) is 6.04. The van der Waals surface area contributed by atoms with Gasteiger partial charge in [0.25, 0.3) is 0 Å². The molecule has 9 fully saturated rings. The first-order valence-electron chi connectivity index (χ1n) is 27.2. The molecule has 0 aromatic carbocycles. The molecule has 0 radical (unpaired) electrons. The van der Waals surface area contributed by atoms with Crippen molar-refractivity contribution in [1.82, 2.24) is 0 Å². The molecule has 0 bridgehead atoms. The fraction of sp³-hybridized carbons (Fsp3) is 0.961. The van der Waals surface area contributed by atoms with Crippen molar-refractivity contribution < 1.29 is 119 Å². The molecule has 75 heavy (non-hydrogen) atoms. The minimum atomic E-state index is -1.91. The van der Waals surface area contributed by atoms with E-state index >= 15 is 0 Å². The number of ether oxygens (including phenoxy) is 10. The second kappa shape index (κ2) is 21.9. The maximum absolute atomic E-state index is 11.7. The Hall–Kier alpha value is -1.22. The van der Waals surface area contributed by atoms with Gasteiger partial charge in [-0.25, -0.2) is 0 Å². The van der Waals surface area contributed by atoms with E-state index in [4.69, 9.17) is 47.4 Å². The van der Waals surface area contributed by atoms with Crippen molar-refractivity contribution in [2.75, 3.05) is 26.4 Å². The minimum Gasteiger partial charge on any atom is -0.394 e. The Morgan fingerprint density at radius 3 is 1.60 bits per heavy atom. The van der Waals surface area contributed by atoms with Crippen LogP contribution in [0.25, 0.3) is 0 Å². The van der Waals surface area contributed by atoms with Crippen LogP contribution in [0.3, 0.4) is 0 Å². The van der Waals surface area contributed by atoms with Gasteiger partial charge in [0.15, 0.2) is 37.2 Å². The monoisotopic (exact) mass is 1080 g/mol. The molecule has 0 amide bonds. The molecule has 3 saturated carbocycles. The predicted molar refractivity (Wildman–Crippen MR) is 249 cm³/mol. The molecular formula is C51H82O24. The van der Waals surface area contributed by atoms with Gasteiger partial charge in [-0.05, 0) is 85.9 Å². The molecule has 24 heteroatoms. The fourth-order valence-electron chi connectivity index (χ4n) is 15.6. The predicted octanol–water partition coefficient (Wildman–Crippen LogP) is -3.67. The second-order valence-electron chi connectivity index (χ2n) is 24.0. The van der Waals surface area contributed by atoms with Gasteiger partial charge in [-0.1, -0.05) is 39.3 Å². The zero-order chi connectivity index (χ0) is 53.8. The minimum absolute atomic E-state index is 0.00964. The van der Waals surface area contributed by atoms with Gasteiger partial charge < -0.3 is 119 Å². The molecule has 4 aliphatic carbocycles. The fourth-order valence-corrected chi connectivity index (χ4v) is 15.6. The van der Waals surface area contributed by atoms with Crippen LogP contribution in [-0.4, -0.2) is 245 Å². The molecular weight excluding hydrogens is 997 g/mol. The van der Waals surface area contributed by atoms with E-state index in [2.05, 4.69) is 26.8 Å². The van der Waals surface area contributed by atoms with Crippen LogP contribution in [0.15, 0.2) is 11.6 Å². The second-order valence-corrected chi connectivity index (χ2v) is 24.0. The average molecular weight is 1080 g/mol. The maximum Gasteiger partial charge on any atom is 0.189 e. The lowest BCUT2D eigenvalue weighted by atomic mass is 9.47. The van der Waals surface area contributed by atoms with Gasteiger partial charge >= 0.3 is 0 Å². The van der Waals surface area contributed by atoms with Gasteiger partial charge in [0, 0.05) is 18.3 Å². The van der Waals surface area contributed by atoms with Crippen molar-refractivity contribution in [1.29, 1.82) is 0 Å². The molecule has 6 aliphatic heterocycles. The number of hydrogen-bond donors (Lipinski definition) is 14. The van der Waals surface area contributed by atoms with Crippen molar-refractivity contribution in [2.45, 2.75) is 233 Å². The summed E-state index contributed by atoms with van der Waals surface area (Å²) in [5.41, 5.74) is 0.967. The summed E-state index contributed by atoms with van der Waals surface area (Å²) in [4.78, 5) is 0. The number of rotatable bonds is 12. The lowest BCUT2D eigenvalue weighted by Gasteiger charge is -2.59. The van der Waals surface area contributed by atoms with Crippen LogP contribution >= 0.6 is 0 Å². The molecule has 0 aromatic rings. The van der Waals surface area contributed by atoms with E-state index in [0.29, 0.717) is 43.4 Å². The Morgan fingerprint density at radius 1 is 0.520 bits per heavy atom. The third kappa shape index (κ3) is 9.71. The van der Waals surface area contributed by atoms with Gasteiger partial charge in [-0.2, -0.15) is 0 Å². The molecule has 24 nitrogen and oxygen atoms in total. The lowest BCUT2D eigenvalue weighted by molar-refractivity contribution is -0.398. The third-order valence-corrected chi connectivity index (χ3v) is 20.0. The highest BCUT2D eigenvalue weighted by molar-refractivity contribution is 5.26. The number of hydrogen-bond acceptors (Lipinski definition) is 24. The van der Waals surface area contributed by atoms with Gasteiger partial charge in [0.2, 0.25) is 0 Å². The molecule has 430 valence electrons. The Labute approximate surface area is 434 Å². The highest BCUT2D eigenvalue weighted by Crippen LogP contribution is 2.71. The summed E-state index contributed by atoms with van der Waals surface area (Å²) >= 11 is 0. The summed E-state index contributed by atoms with van der Waals surface area (Å²) < 4.78 is 62.4. The first-order chi connectivity index (χ1) is 35.6. The van der Waals surface area contributed by atoms with Crippen molar-refractivity contribution in [3.05, 3.63) is 11.6 Å². The molecule has 6 saturated heterocycles. The Bertz CT molecular complexity index is 1980. The summed E-state index contributed by atoms with van der Waals surface area (Å²) in [6, 6.07) is 0. The van der Waals surface area contributed by atoms with Crippen LogP contribution in [0.2, 0.25) is 0 Å². The van der Waals surface area contributed by atoms with E-state index in [1.54, 1.807) is 0 Å². The van der Waals surface area contributed by atoms with E-state index in [9.17, 15) is 71.5 Å². The third-order valence-electron chi connectivity index (χ3n) is 20.0. The Balaban J connectivity index is 0.844. The van der Waals surface area contributed by atoms with E-state index in [1.807, 2.05) is 6.92 Å². The topological polar surface area (TPSA) is 376 Å². The SMILES string of the molecule is C[C@@H]1CC[C@]2(O[C@H]1O[C@@H]1O[C@H](CO)[C@@H](O)[C@H](O)[C@H]1O)O[C@H]1C[C@H]3[C@@H]4CC=C5C[C@@H](O[C@H]6O[C@@H](CO)[C@H](O)[C@@H](O[C@H]7O[C@@H](CO)[C@H](O)[C@@H](O)[C@@H]7O)[C@@H]6O[C@H]6O[C@@H](CO)[C@H](O)[C@@H](O)[C@@H]6O)CC[C@]5(C)[C@H]4CC[C@]3(C)[C@H]1[C@H]2C. The number of aliphatic hydroxyl groups excluding tert-OH is 14. The largest absolute Gasteiger partial charge is 0.394 e. The first kappa shape index (κ1) is 57.0. The summed E-state index contributed by atoms with van der Waals surface area (Å²) in [7, 11) is 0. The van der Waals surface area contributed by atoms with E-state index in [0.717, 1.165) is 32.1 Å². The summed E-state index contributed by atoms with van der Waals surface area (Å²) in [5, 5.41) is 148. The molecule has 6 heterocycles. The highest BCUT2D eigenvalue weighted by Gasteiger charge is 2.70. The number of aliphatic hydroxyl groups is 14. The normalized spacial score (nSPS) is 56.9. The van der Waals surface area contributed by atoms with Crippen LogP contribution in [0.4, 0.5) is 0 Å². The molecule has 1 spiro atoms. The Kier molecular flexibility index (Phi) is 16.7. The van der Waals surface area contributed by atoms with Crippen LogP contribution in [0.1, 0.15) is 85.5 Å². The van der Waals surface area contributed by atoms with Crippen molar-refractivity contribution in [3.8, 4) is 0 Å². The molecule has 32 atom stereocenters. The quantitative estimate of drug-likeness (QED) is 0.0838. The van der Waals surface area contributed by atoms with Crippen LogP contribution in [0, 0.1) is 46.3 Å². The summed E-state index contributed by atoms with van der Waals surface area (Å²) in [5.74, 6) is 0.202. The van der Waals surface area contributed by atoms with Crippen LogP contribution in [0.5, 0.6) is 0 Å². The first-order valence-corrected chi connectivity index (χ1v) is 27.2. The average Bonchev–Trinajstić information content (AvgIpc) is 3.86. The molecule has 14 N–H and O–H groups in total. The number of fused-ring (bicyclic) bond motifs is 7. The smallest absolute Gasteiger partial charge is 0.189 e. The van der Waals surface area contributed by atoms with Crippen molar-refractivity contribution in [2.24, 2.45) is 46.3 Å². The number of allylic oxidation sites excluding steroid dienone is 1. The van der Waals surface area contributed by atoms with Gasteiger partial charge in [-0.3, -0.25) is 0 Å². The lowest BCUT2D eigenvalue weighted by Crippen LogP contribution is -2.67. The molecule has 0 aromatic heterocycles. The van der Waals surface area contributed by atoms with E-state index in [-0.39, 0.29) is 34.7 Å². The standard InChI is InChI=1S/C51H82O24/c1-19-7-12-51(75-44(19)73-47-41(65)38(62)34(58)29(17-54)69-47)20(2)31-26(74-51)14-25-23-6-5-21-13-22(8-10-49(21,3)24(23)9-11-50(25,31)4)66-48-43(72-46-40(64)37(61)33(57)28(16-53)68-46)42(35(59)30(18-55)70-48)71-45-39(63)36(60)32(56)27(15-52)67-45/h5,19-20,22-48,52-65H,6-18H2,1-4H3/t19-,20-,22+,23-,24+,25+,26+,27+,28+,29-,30+,31+,32+,33+,34-,35+,36-,37-,38+,39+,40+,41-,42-,43+,44-,45-,46-,47+,48+,49+,50+,51-/m1/s1. The highest BCUT2D eigenvalue weighted by atomic mass is 16.8. The van der Waals surface area contributed by atoms with Crippen LogP contribution < -0.4 is 0 Å². The molecule has 10 rings (SSSR count). The van der Waals surface area contributed by atoms with Gasteiger partial charge in [0.05, 0.1) is 38.6 Å². The zero-order valence-electron chi connectivity index (χ0n) is 42.9. The zero-order valence-corrected chi connectivity index (χ0v) is 42.9. The van der Waals surface area contributed by atoms with E-state index < -0.39 is 167 Å². The summed E-state index contributed by atoms with van der Waals surface area (Å²) in [6.07, 6.45) is -24.7. The van der Waals surface area contributed by atoms with Crippen LogP contribution in [-0.2, 0) is 47.4 Å². The maximum atomic E-state index is 11.7.